The van der Waals surface area contributed by atoms with E-state index in [0.29, 0.717) is 54.1 Å². The summed E-state index contributed by atoms with van der Waals surface area (Å²) >= 11 is 0. The molecule has 1 fully saturated rings. The number of nitrogens with one attached hydrogen (secondary N) is 2. The predicted octanol–water partition coefficient (Wildman–Crippen LogP) is 3.94. The summed E-state index contributed by atoms with van der Waals surface area (Å²) in [7, 11) is 1.54. The number of aromatic nitrogens is 1. The van der Waals surface area contributed by atoms with Crippen molar-refractivity contribution < 1.29 is 47.2 Å². The minimum atomic E-state index is -3.80. The zero-order chi connectivity index (χ0) is 31.5. The third kappa shape index (κ3) is 5.34. The molecule has 4 aliphatic rings. The van der Waals surface area contributed by atoms with Crippen LogP contribution in [0.1, 0.15) is 65.5 Å². The molecule has 3 aliphatic heterocycles. The summed E-state index contributed by atoms with van der Waals surface area (Å²) < 4.78 is 54.0. The number of aliphatic hydroxyl groups excluding tert-OH is 1. The minimum absolute atomic E-state index is 0.0119. The molecule has 0 saturated heterocycles. The fourth-order valence-corrected chi connectivity index (χ4v) is 6.16. The topological polar surface area (TPSA) is 137 Å². The maximum Gasteiger partial charge on any atom is 0.586 e. The molecule has 13 heteroatoms. The van der Waals surface area contributed by atoms with Crippen LogP contribution in [0.25, 0.3) is 0 Å². The molecule has 236 valence electrons. The fraction of sp³-hybridized carbons (Fsp3) is 0.406. The molecular weight excluding hydrogens is 592 g/mol. The summed E-state index contributed by atoms with van der Waals surface area (Å²) in [6, 6.07) is 10.9. The van der Waals surface area contributed by atoms with E-state index in [0.717, 1.165) is 5.56 Å². The average molecular weight is 624 g/mol. The lowest BCUT2D eigenvalue weighted by molar-refractivity contribution is -0.286. The van der Waals surface area contributed by atoms with Gasteiger partial charge in [-0.2, -0.15) is 0 Å². The molecule has 1 saturated carbocycles. The molecule has 2 aromatic carbocycles. The van der Waals surface area contributed by atoms with Crippen LogP contribution in [0.4, 0.5) is 8.78 Å². The molecule has 2 amide bonds. The van der Waals surface area contributed by atoms with E-state index < -0.39 is 23.9 Å². The number of carbonyl (C=O) groups is 2. The molecule has 0 radical (unpaired) electrons. The number of halogens is 2. The normalized spacial score (nSPS) is 26.8. The van der Waals surface area contributed by atoms with Gasteiger partial charge >= 0.3 is 6.29 Å². The Morgan fingerprint density at radius 1 is 1.04 bits per heavy atom. The Morgan fingerprint density at radius 3 is 2.53 bits per heavy atom. The van der Waals surface area contributed by atoms with Crippen LogP contribution >= 0.6 is 0 Å². The van der Waals surface area contributed by atoms with Crippen LogP contribution in [-0.4, -0.2) is 54.6 Å². The van der Waals surface area contributed by atoms with E-state index in [1.165, 1.54) is 18.3 Å². The largest absolute Gasteiger partial charge is 0.586 e. The van der Waals surface area contributed by atoms with Crippen LogP contribution in [0.2, 0.25) is 0 Å². The number of benzene rings is 2. The Kier molecular flexibility index (Phi) is 6.95. The average Bonchev–Trinajstić information content (AvgIpc) is 3.51. The highest BCUT2D eigenvalue weighted by atomic mass is 19.3. The lowest BCUT2D eigenvalue weighted by atomic mass is 9.82. The highest BCUT2D eigenvalue weighted by molar-refractivity contribution is 5.94. The SMILES string of the molecule is COc1ccc2c(c1)O[C@@H](c1ccc(C(=O)NCC3CC(O)C3)cn1)C[C@H]2NC(=O)[C@@]1(C)COc2cc3c(cc21)OC(F)(F)O3. The number of fused-ring (bicyclic) bond motifs is 3. The van der Waals surface area contributed by atoms with Crippen LogP contribution in [0.5, 0.6) is 28.7 Å². The molecule has 11 nitrogen and oxygen atoms in total. The van der Waals surface area contributed by atoms with Gasteiger partial charge in [-0.05, 0) is 56.0 Å². The fourth-order valence-electron chi connectivity index (χ4n) is 6.16. The maximum absolute atomic E-state index is 13.9. The van der Waals surface area contributed by atoms with Crippen molar-refractivity contribution in [3.8, 4) is 28.7 Å². The number of methoxy groups -OCH3 is 1. The molecule has 0 spiro atoms. The van der Waals surface area contributed by atoms with Crippen molar-refractivity contribution >= 4 is 11.8 Å². The number of hydrogen-bond acceptors (Lipinski definition) is 9. The van der Waals surface area contributed by atoms with Crippen molar-refractivity contribution in [2.75, 3.05) is 20.3 Å². The van der Waals surface area contributed by atoms with Crippen molar-refractivity contribution in [3.63, 3.8) is 0 Å². The van der Waals surface area contributed by atoms with Crippen molar-refractivity contribution in [1.82, 2.24) is 15.6 Å². The first-order chi connectivity index (χ1) is 21.5. The molecule has 0 bridgehead atoms. The molecular formula is C32H31F2N3O8. The highest BCUT2D eigenvalue weighted by Crippen LogP contribution is 2.50. The lowest BCUT2D eigenvalue weighted by Gasteiger charge is -2.34. The predicted molar refractivity (Wildman–Crippen MR) is 153 cm³/mol. The first kappa shape index (κ1) is 29.1. The maximum atomic E-state index is 13.9. The van der Waals surface area contributed by atoms with Gasteiger partial charge in [0.15, 0.2) is 11.5 Å². The monoisotopic (exact) mass is 623 g/mol. The van der Waals surface area contributed by atoms with E-state index in [-0.39, 0.29) is 47.7 Å². The molecule has 3 atom stereocenters. The Balaban J connectivity index is 1.10. The molecule has 4 heterocycles. The van der Waals surface area contributed by atoms with Gasteiger partial charge in [-0.15, -0.1) is 8.78 Å². The van der Waals surface area contributed by atoms with Gasteiger partial charge in [0.2, 0.25) is 5.91 Å². The summed E-state index contributed by atoms with van der Waals surface area (Å²) in [6.45, 7) is 2.16. The van der Waals surface area contributed by atoms with Gasteiger partial charge in [0.05, 0.1) is 30.5 Å². The van der Waals surface area contributed by atoms with E-state index in [2.05, 4.69) is 25.1 Å². The van der Waals surface area contributed by atoms with Gasteiger partial charge in [0.25, 0.3) is 5.91 Å². The third-order valence-corrected chi connectivity index (χ3v) is 8.88. The number of aliphatic hydroxyl groups is 1. The molecule has 7 rings (SSSR count). The number of hydrogen-bond donors (Lipinski definition) is 3. The minimum Gasteiger partial charge on any atom is -0.497 e. The van der Waals surface area contributed by atoms with Gasteiger partial charge in [0.1, 0.15) is 35.4 Å². The van der Waals surface area contributed by atoms with Crippen molar-refractivity contribution in [1.29, 1.82) is 0 Å². The second-order valence-electron chi connectivity index (χ2n) is 12.0. The van der Waals surface area contributed by atoms with Crippen LogP contribution in [0, 0.1) is 5.92 Å². The second-order valence-corrected chi connectivity index (χ2v) is 12.0. The Hall–Kier alpha value is -4.65. The number of ether oxygens (including phenoxy) is 5. The van der Waals surface area contributed by atoms with Gasteiger partial charge in [0, 0.05) is 42.4 Å². The molecule has 0 unspecified atom stereocenters. The number of alkyl halides is 2. The van der Waals surface area contributed by atoms with Crippen LogP contribution < -0.4 is 34.3 Å². The summed E-state index contributed by atoms with van der Waals surface area (Å²) in [5.74, 6) is 0.649. The summed E-state index contributed by atoms with van der Waals surface area (Å²) in [5, 5.41) is 15.5. The molecule has 45 heavy (non-hydrogen) atoms. The van der Waals surface area contributed by atoms with Crippen molar-refractivity contribution in [2.45, 2.75) is 56.1 Å². The van der Waals surface area contributed by atoms with Crippen LogP contribution in [0.3, 0.4) is 0 Å². The molecule has 3 aromatic rings. The highest BCUT2D eigenvalue weighted by Gasteiger charge is 2.49. The number of nitrogens with zero attached hydrogens (tertiary/aromatic N) is 1. The smallest absolute Gasteiger partial charge is 0.497 e. The van der Waals surface area contributed by atoms with Gasteiger partial charge in [-0.1, -0.05) is 0 Å². The lowest BCUT2D eigenvalue weighted by Crippen LogP contribution is -2.46. The van der Waals surface area contributed by atoms with E-state index in [1.807, 2.05) is 6.07 Å². The first-order valence-corrected chi connectivity index (χ1v) is 14.7. The van der Waals surface area contributed by atoms with Crippen LogP contribution in [-0.2, 0) is 10.2 Å². The van der Waals surface area contributed by atoms with E-state index in [9.17, 15) is 23.5 Å². The summed E-state index contributed by atoms with van der Waals surface area (Å²) in [6.07, 6.45) is -1.47. The number of carbonyl (C=O) groups excluding carboxylic acids is 2. The zero-order valence-corrected chi connectivity index (χ0v) is 24.5. The quantitative estimate of drug-likeness (QED) is 0.357. The first-order valence-electron chi connectivity index (χ1n) is 14.7. The van der Waals surface area contributed by atoms with Gasteiger partial charge in [-0.3, -0.25) is 14.6 Å². The zero-order valence-electron chi connectivity index (χ0n) is 24.5. The van der Waals surface area contributed by atoms with E-state index >= 15 is 0 Å². The Bertz CT molecular complexity index is 1660. The van der Waals surface area contributed by atoms with Gasteiger partial charge < -0.3 is 39.4 Å². The Morgan fingerprint density at radius 2 is 1.82 bits per heavy atom. The molecule has 3 N–H and O–H groups in total. The van der Waals surface area contributed by atoms with Crippen molar-refractivity contribution in [3.05, 3.63) is 71.0 Å². The van der Waals surface area contributed by atoms with Crippen molar-refractivity contribution in [2.24, 2.45) is 5.92 Å². The Labute approximate surface area is 256 Å². The molecule has 1 aromatic heterocycles. The summed E-state index contributed by atoms with van der Waals surface area (Å²) in [5.41, 5.74) is 0.883. The third-order valence-electron chi connectivity index (χ3n) is 8.88. The standard InChI is InChI=1S/C32H31F2N3O8/c1-31(15-42-25-12-28-27(10-21(25)31)44-32(33,34)45-28)30(40)37-23-11-26(43-24-9-19(41-2)4-5-20(23)24)22-6-3-17(14-35-22)29(39)36-13-16-7-18(38)8-16/h3-6,9-10,12,14,16,18,23,26,38H,7-8,11,13,15H2,1-2H3,(H,36,39)(H,37,40)/t16?,18?,23-,26-,31+/m1/s1. The number of amides is 2. The summed E-state index contributed by atoms with van der Waals surface area (Å²) in [4.78, 5) is 31.1. The van der Waals surface area contributed by atoms with E-state index in [4.69, 9.17) is 14.2 Å². The second kappa shape index (κ2) is 10.8. The number of pyridine rings is 1. The van der Waals surface area contributed by atoms with Gasteiger partial charge in [-0.25, -0.2) is 0 Å². The molecule has 1 aliphatic carbocycles. The van der Waals surface area contributed by atoms with Crippen LogP contribution in [0.15, 0.2) is 48.7 Å². The van der Waals surface area contributed by atoms with E-state index in [1.54, 1.807) is 38.3 Å². The number of rotatable bonds is 7.